The maximum absolute atomic E-state index is 14.4. The second-order valence-corrected chi connectivity index (χ2v) is 16.0. The minimum atomic E-state index is -2.54. The van der Waals surface area contributed by atoms with Crippen molar-refractivity contribution in [3.8, 4) is 0 Å². The van der Waals surface area contributed by atoms with E-state index in [0.717, 1.165) is 27.7 Å². The quantitative estimate of drug-likeness (QED) is 0.156. The van der Waals surface area contributed by atoms with Crippen LogP contribution in [0, 0.1) is 22.7 Å². The summed E-state index contributed by atoms with van der Waals surface area (Å²) in [5.41, 5.74) is -7.59. The number of carbonyl (C=O) groups excluding carboxylic acids is 7. The van der Waals surface area contributed by atoms with E-state index >= 15 is 0 Å². The first-order valence-electron chi connectivity index (χ1n) is 19.2. The molecule has 314 valence electrons. The van der Waals surface area contributed by atoms with Crippen molar-refractivity contribution in [1.82, 2.24) is 0 Å². The van der Waals surface area contributed by atoms with Gasteiger partial charge in [-0.2, -0.15) is 0 Å². The highest BCUT2D eigenvalue weighted by molar-refractivity contribution is 5.92. The van der Waals surface area contributed by atoms with Crippen molar-refractivity contribution >= 4 is 47.7 Å². The summed E-state index contributed by atoms with van der Waals surface area (Å²) in [7, 11) is 0. The number of fused-ring (bicyclic) bond motifs is 1. The van der Waals surface area contributed by atoms with Gasteiger partial charge in [0.25, 0.3) is 0 Å². The molecular formula is C44H48O15. The van der Waals surface area contributed by atoms with Crippen LogP contribution < -0.4 is 0 Å². The molecule has 2 aromatic rings. The molecule has 0 unspecified atom stereocenters. The van der Waals surface area contributed by atoms with E-state index in [1.54, 1.807) is 49.4 Å². The van der Waals surface area contributed by atoms with Gasteiger partial charge in [0, 0.05) is 63.9 Å². The Bertz CT molecular complexity index is 2060. The molecule has 0 radical (unpaired) electrons. The van der Waals surface area contributed by atoms with E-state index in [1.165, 1.54) is 31.2 Å². The fourth-order valence-electron chi connectivity index (χ4n) is 9.88. The van der Waals surface area contributed by atoms with E-state index in [4.69, 9.17) is 33.2 Å². The standard InChI is InChI=1S/C44H48O15/c1-24-32(59-35(50)19-18-29-14-10-8-11-15-29)21-34(55-25(2)45)43(23-53-40(51)30-16-12-9-13-17-30)36(24)37(56-26(3)46)31-20-33(49)42(7)44(52,41(31,6)22-54-42)39(58-28(5)48)38(43)57-27(4)47/h8-19,31-32,34,36-39,52H,1,20-23H2,2-7H3/b19-18+/t31-,32-,34-,36-,37+,38-,39-,41-,42-,43+,44+/m0/s1. The van der Waals surface area contributed by atoms with E-state index in [1.807, 2.05) is 6.07 Å². The summed E-state index contributed by atoms with van der Waals surface area (Å²) in [6, 6.07) is 16.8. The zero-order valence-corrected chi connectivity index (χ0v) is 33.7. The van der Waals surface area contributed by atoms with Gasteiger partial charge in [-0.15, -0.1) is 0 Å². The molecule has 15 heteroatoms. The van der Waals surface area contributed by atoms with E-state index in [9.17, 15) is 38.7 Å². The lowest BCUT2D eigenvalue weighted by Crippen LogP contribution is -2.81. The van der Waals surface area contributed by atoms with Crippen molar-refractivity contribution in [2.24, 2.45) is 22.7 Å². The van der Waals surface area contributed by atoms with Crippen molar-refractivity contribution in [2.45, 2.75) is 96.1 Å². The summed E-state index contributed by atoms with van der Waals surface area (Å²) in [4.78, 5) is 95.0. The van der Waals surface area contributed by atoms with Crippen molar-refractivity contribution in [3.63, 3.8) is 0 Å². The summed E-state index contributed by atoms with van der Waals surface area (Å²) in [6.45, 7) is 10.4. The van der Waals surface area contributed by atoms with Gasteiger partial charge >= 0.3 is 35.8 Å². The molecule has 1 aliphatic heterocycles. The summed E-state index contributed by atoms with van der Waals surface area (Å²) in [5.74, 6) is -8.70. The first kappa shape index (κ1) is 42.9. The third kappa shape index (κ3) is 7.35. The van der Waals surface area contributed by atoms with Gasteiger partial charge in [0.15, 0.2) is 23.6 Å². The highest BCUT2D eigenvalue weighted by atomic mass is 16.6. The Balaban J connectivity index is 1.65. The van der Waals surface area contributed by atoms with Crippen molar-refractivity contribution < 1.29 is 71.8 Å². The number of carbonyl (C=O) groups is 7. The molecule has 2 aromatic carbocycles. The van der Waals surface area contributed by atoms with Crippen LogP contribution in [0.5, 0.6) is 0 Å². The summed E-state index contributed by atoms with van der Waals surface area (Å²) in [6.07, 6.45) is -6.44. The largest absolute Gasteiger partial charge is 0.462 e. The first-order valence-corrected chi connectivity index (χ1v) is 19.2. The van der Waals surface area contributed by atoms with Crippen molar-refractivity contribution in [2.75, 3.05) is 13.2 Å². The topological polar surface area (TPSA) is 204 Å². The Morgan fingerprint density at radius 3 is 1.98 bits per heavy atom. The Morgan fingerprint density at radius 2 is 1.39 bits per heavy atom. The smallest absolute Gasteiger partial charge is 0.338 e. The monoisotopic (exact) mass is 816 g/mol. The molecule has 1 N–H and O–H groups in total. The SMILES string of the molecule is C=C1[C@@H](OC(=O)/C=C/c2ccccc2)C[C@H](OC(C)=O)[C@@]2(COC(=O)c3ccccc3)[C@@H](OC(C)=O)[C@H](OC(C)=O)[C@]3(O)[C@@]4(C)OC[C@@]3(C)[C@@H](CC4=O)[C@@H](OC(C)=O)[C@H]12. The Kier molecular flexibility index (Phi) is 11.8. The average Bonchev–Trinajstić information content (AvgIpc) is 3.32. The van der Waals surface area contributed by atoms with Gasteiger partial charge in [0.05, 0.1) is 17.6 Å². The number of rotatable bonds is 10. The van der Waals surface area contributed by atoms with Gasteiger partial charge in [-0.25, -0.2) is 9.59 Å². The molecule has 3 saturated carbocycles. The zero-order chi connectivity index (χ0) is 43.1. The summed E-state index contributed by atoms with van der Waals surface area (Å²) in [5, 5.41) is 13.4. The number of hydrogen-bond acceptors (Lipinski definition) is 15. The van der Waals surface area contributed by atoms with Gasteiger partial charge in [-0.3, -0.25) is 24.0 Å². The van der Waals surface area contributed by atoms with Gasteiger partial charge in [0.2, 0.25) is 0 Å². The fourth-order valence-corrected chi connectivity index (χ4v) is 9.88. The van der Waals surface area contributed by atoms with Gasteiger partial charge in [-0.1, -0.05) is 62.0 Å². The Labute approximate surface area is 340 Å². The van der Waals surface area contributed by atoms with Crippen LogP contribution in [-0.4, -0.2) is 102 Å². The van der Waals surface area contributed by atoms with Gasteiger partial charge in [-0.05, 0) is 36.3 Å². The van der Waals surface area contributed by atoms with Crippen LogP contribution in [0.2, 0.25) is 0 Å². The second-order valence-electron chi connectivity index (χ2n) is 16.0. The molecule has 0 amide bonds. The average molecular weight is 817 g/mol. The third-order valence-corrected chi connectivity index (χ3v) is 12.5. The molecule has 0 aromatic heterocycles. The van der Waals surface area contributed by atoms with E-state index in [0.29, 0.717) is 5.56 Å². The number of esters is 6. The summed E-state index contributed by atoms with van der Waals surface area (Å²) < 4.78 is 42.7. The number of aliphatic hydroxyl groups is 1. The molecule has 4 aliphatic rings. The molecule has 1 saturated heterocycles. The van der Waals surface area contributed by atoms with E-state index in [-0.39, 0.29) is 24.2 Å². The predicted octanol–water partition coefficient (Wildman–Crippen LogP) is 3.89. The van der Waals surface area contributed by atoms with Crippen LogP contribution in [0.4, 0.5) is 0 Å². The normalized spacial score (nSPS) is 34.7. The first-order chi connectivity index (χ1) is 27.8. The molecule has 59 heavy (non-hydrogen) atoms. The number of ketones is 1. The molecule has 3 aliphatic carbocycles. The van der Waals surface area contributed by atoms with E-state index < -0.39 is 119 Å². The van der Waals surface area contributed by atoms with Gasteiger partial charge in [0.1, 0.15) is 30.5 Å². The van der Waals surface area contributed by atoms with Crippen LogP contribution in [0.1, 0.15) is 70.3 Å². The minimum Gasteiger partial charge on any atom is -0.462 e. The van der Waals surface area contributed by atoms with Crippen molar-refractivity contribution in [3.05, 3.63) is 90.0 Å². The molecule has 4 fully saturated rings. The van der Waals surface area contributed by atoms with Crippen LogP contribution in [0.25, 0.3) is 6.08 Å². The number of Topliss-reactive ketones (excluding diaryl/α,β-unsaturated/α-hetero) is 1. The van der Waals surface area contributed by atoms with Gasteiger partial charge < -0.3 is 38.3 Å². The van der Waals surface area contributed by atoms with Crippen molar-refractivity contribution in [1.29, 1.82) is 0 Å². The third-order valence-electron chi connectivity index (χ3n) is 12.5. The maximum atomic E-state index is 14.4. The number of benzene rings is 2. The molecular weight excluding hydrogens is 768 g/mol. The molecule has 0 spiro atoms. The fraction of sp³-hybridized carbons (Fsp3) is 0.477. The van der Waals surface area contributed by atoms with Crippen LogP contribution in [0.15, 0.2) is 78.9 Å². The van der Waals surface area contributed by atoms with E-state index in [2.05, 4.69) is 6.58 Å². The Morgan fingerprint density at radius 1 is 0.814 bits per heavy atom. The highest BCUT2D eigenvalue weighted by Gasteiger charge is 2.83. The number of hydrogen-bond donors (Lipinski definition) is 1. The molecule has 6 rings (SSSR count). The molecule has 11 atom stereocenters. The maximum Gasteiger partial charge on any atom is 0.338 e. The highest BCUT2D eigenvalue weighted by Crippen LogP contribution is 2.67. The lowest BCUT2D eigenvalue weighted by Gasteiger charge is -2.65. The van der Waals surface area contributed by atoms with Crippen LogP contribution in [-0.2, 0) is 61.9 Å². The minimum absolute atomic E-state index is 0.0318. The van der Waals surface area contributed by atoms with Crippen LogP contribution >= 0.6 is 0 Å². The lowest BCUT2D eigenvalue weighted by atomic mass is 9.43. The lowest BCUT2D eigenvalue weighted by molar-refractivity contribution is -0.302. The van der Waals surface area contributed by atoms with Crippen LogP contribution in [0.3, 0.4) is 0 Å². The Hall–Kier alpha value is -5.67. The zero-order valence-electron chi connectivity index (χ0n) is 33.7. The summed E-state index contributed by atoms with van der Waals surface area (Å²) >= 11 is 0. The molecule has 1 heterocycles. The number of ether oxygens (including phenoxy) is 7. The molecule has 4 bridgehead atoms. The predicted molar refractivity (Wildman–Crippen MR) is 205 cm³/mol. The second kappa shape index (κ2) is 16.2. The molecule has 15 nitrogen and oxygen atoms in total.